The Hall–Kier alpha value is -4.14. The Kier molecular flexibility index (Phi) is 7.44. The van der Waals surface area contributed by atoms with Crippen molar-refractivity contribution < 1.29 is 24.3 Å². The molecule has 1 aliphatic rings. The summed E-state index contributed by atoms with van der Waals surface area (Å²) in [6.07, 6.45) is 0. The zero-order chi connectivity index (χ0) is 26.6. The molecular formula is C30H31N3O5. The van der Waals surface area contributed by atoms with Crippen LogP contribution in [0.1, 0.15) is 28.5 Å². The number of ether oxygens (including phenoxy) is 1. The van der Waals surface area contributed by atoms with Crippen molar-refractivity contribution >= 4 is 5.91 Å². The third-order valence-electron chi connectivity index (χ3n) is 6.72. The summed E-state index contributed by atoms with van der Waals surface area (Å²) in [7, 11) is 0. The van der Waals surface area contributed by atoms with Gasteiger partial charge in [-0.3, -0.25) is 9.69 Å². The number of nitrogens with one attached hydrogen (secondary N) is 1. The molecule has 1 aliphatic heterocycles. The van der Waals surface area contributed by atoms with Crippen LogP contribution in [0.4, 0.5) is 0 Å². The Bertz CT molecular complexity index is 1420. The number of rotatable bonds is 7. The first-order valence-electron chi connectivity index (χ1n) is 12.7. The Morgan fingerprint density at radius 3 is 2.29 bits per heavy atom. The summed E-state index contributed by atoms with van der Waals surface area (Å²) in [6, 6.07) is 18.6. The smallest absolute Gasteiger partial charge is 0.274 e. The van der Waals surface area contributed by atoms with E-state index >= 15 is 0 Å². The first-order valence-corrected chi connectivity index (χ1v) is 12.7. The number of aromatic hydroxyl groups is 2. The molecule has 2 heterocycles. The molecule has 0 aliphatic carbocycles. The van der Waals surface area contributed by atoms with Gasteiger partial charge in [0.05, 0.1) is 24.3 Å². The molecule has 1 saturated heterocycles. The number of nitrogens with zero attached hydrogens (tertiary/aromatic N) is 2. The van der Waals surface area contributed by atoms with Gasteiger partial charge in [-0.25, -0.2) is 0 Å². The molecule has 38 heavy (non-hydrogen) atoms. The van der Waals surface area contributed by atoms with E-state index in [1.807, 2.05) is 62.4 Å². The van der Waals surface area contributed by atoms with Crippen LogP contribution in [0, 0.1) is 6.92 Å². The van der Waals surface area contributed by atoms with E-state index in [-0.39, 0.29) is 28.9 Å². The number of aromatic nitrogens is 1. The van der Waals surface area contributed by atoms with Crippen LogP contribution < -0.4 is 5.32 Å². The molecule has 8 heteroatoms. The summed E-state index contributed by atoms with van der Waals surface area (Å²) in [6.45, 7) is 8.31. The first kappa shape index (κ1) is 25.5. The highest BCUT2D eigenvalue weighted by molar-refractivity contribution is 6.03. The van der Waals surface area contributed by atoms with Gasteiger partial charge >= 0.3 is 0 Å². The molecule has 0 radical (unpaired) electrons. The lowest BCUT2D eigenvalue weighted by Crippen LogP contribution is -2.35. The lowest BCUT2D eigenvalue weighted by atomic mass is 9.94. The molecule has 1 aromatic heterocycles. The second-order valence-corrected chi connectivity index (χ2v) is 9.43. The van der Waals surface area contributed by atoms with E-state index in [4.69, 9.17) is 9.26 Å². The molecule has 0 atom stereocenters. The lowest BCUT2D eigenvalue weighted by molar-refractivity contribution is 0.0342. The summed E-state index contributed by atoms with van der Waals surface area (Å²) in [5.74, 6) is -0.361. The van der Waals surface area contributed by atoms with E-state index in [0.717, 1.165) is 55.1 Å². The highest BCUT2D eigenvalue weighted by Crippen LogP contribution is 2.44. The summed E-state index contributed by atoms with van der Waals surface area (Å²) in [5, 5.41) is 28.3. The second-order valence-electron chi connectivity index (χ2n) is 9.43. The number of phenolic OH excluding ortho intramolecular Hbond substituents is 2. The molecule has 0 bridgehead atoms. The minimum Gasteiger partial charge on any atom is -0.507 e. The van der Waals surface area contributed by atoms with Crippen molar-refractivity contribution in [2.45, 2.75) is 20.4 Å². The van der Waals surface area contributed by atoms with Crippen molar-refractivity contribution in [1.29, 1.82) is 0 Å². The van der Waals surface area contributed by atoms with Crippen LogP contribution >= 0.6 is 0 Å². The van der Waals surface area contributed by atoms with Gasteiger partial charge in [-0.2, -0.15) is 0 Å². The maximum atomic E-state index is 12.9. The van der Waals surface area contributed by atoms with E-state index in [0.29, 0.717) is 23.2 Å². The van der Waals surface area contributed by atoms with Crippen molar-refractivity contribution in [3.05, 3.63) is 77.5 Å². The minimum atomic E-state index is -0.369. The van der Waals surface area contributed by atoms with Crippen LogP contribution in [-0.4, -0.2) is 59.0 Å². The molecule has 5 rings (SSSR count). The molecule has 1 amide bonds. The van der Waals surface area contributed by atoms with E-state index < -0.39 is 0 Å². The highest BCUT2D eigenvalue weighted by atomic mass is 16.5. The number of benzene rings is 3. The molecular weight excluding hydrogens is 482 g/mol. The normalized spacial score (nSPS) is 13.9. The molecule has 1 fully saturated rings. The topological polar surface area (TPSA) is 108 Å². The largest absolute Gasteiger partial charge is 0.507 e. The molecule has 4 aromatic rings. The maximum Gasteiger partial charge on any atom is 0.274 e. The molecule has 0 unspecified atom stereocenters. The monoisotopic (exact) mass is 513 g/mol. The van der Waals surface area contributed by atoms with Crippen molar-refractivity contribution in [3.63, 3.8) is 0 Å². The predicted molar refractivity (Wildman–Crippen MR) is 145 cm³/mol. The van der Waals surface area contributed by atoms with Crippen LogP contribution in [0.25, 0.3) is 33.6 Å². The van der Waals surface area contributed by atoms with Crippen LogP contribution in [-0.2, 0) is 11.3 Å². The number of aryl methyl sites for hydroxylation is 1. The number of hydrogen-bond acceptors (Lipinski definition) is 7. The highest BCUT2D eigenvalue weighted by Gasteiger charge is 2.27. The molecule has 0 spiro atoms. The maximum absolute atomic E-state index is 12.9. The lowest BCUT2D eigenvalue weighted by Gasteiger charge is -2.26. The van der Waals surface area contributed by atoms with Gasteiger partial charge in [0, 0.05) is 37.8 Å². The third-order valence-corrected chi connectivity index (χ3v) is 6.72. The van der Waals surface area contributed by atoms with Gasteiger partial charge in [0.2, 0.25) is 0 Å². The van der Waals surface area contributed by atoms with E-state index in [1.165, 1.54) is 6.07 Å². The van der Waals surface area contributed by atoms with Crippen molar-refractivity contribution in [1.82, 2.24) is 15.4 Å². The Morgan fingerprint density at radius 1 is 0.947 bits per heavy atom. The SMILES string of the molecule is CCNC(=O)c1noc(-c2cc(-c3ccc(C)cc3)c(O)cc2O)c1-c1ccc(CN2CCOCC2)cc1. The number of hydrogen-bond donors (Lipinski definition) is 3. The van der Waals surface area contributed by atoms with Crippen molar-refractivity contribution in [2.24, 2.45) is 0 Å². The van der Waals surface area contributed by atoms with Gasteiger partial charge in [0.15, 0.2) is 11.5 Å². The number of carbonyl (C=O) groups excluding carboxylic acids is 1. The van der Waals surface area contributed by atoms with Crippen LogP contribution in [0.15, 0.2) is 65.2 Å². The fourth-order valence-corrected chi connectivity index (χ4v) is 4.66. The van der Waals surface area contributed by atoms with Gasteiger partial charge in [0.1, 0.15) is 11.5 Å². The van der Waals surface area contributed by atoms with Gasteiger partial charge in [-0.15, -0.1) is 0 Å². The van der Waals surface area contributed by atoms with Crippen molar-refractivity contribution in [2.75, 3.05) is 32.8 Å². The average Bonchev–Trinajstić information content (AvgIpc) is 3.36. The van der Waals surface area contributed by atoms with Gasteiger partial charge < -0.3 is 24.8 Å². The second kappa shape index (κ2) is 11.1. The fourth-order valence-electron chi connectivity index (χ4n) is 4.66. The van der Waals surface area contributed by atoms with Gasteiger partial charge in [-0.1, -0.05) is 59.3 Å². The number of phenols is 2. The van der Waals surface area contributed by atoms with Gasteiger partial charge in [0.25, 0.3) is 5.91 Å². The summed E-state index contributed by atoms with van der Waals surface area (Å²) in [5.41, 5.74) is 5.21. The Labute approximate surface area is 221 Å². The van der Waals surface area contributed by atoms with E-state index in [1.54, 1.807) is 6.07 Å². The van der Waals surface area contributed by atoms with Crippen molar-refractivity contribution in [3.8, 4) is 45.1 Å². The fraction of sp³-hybridized carbons (Fsp3) is 0.267. The van der Waals surface area contributed by atoms with Crippen LogP contribution in [0.2, 0.25) is 0 Å². The standard InChI is InChI=1S/C30H31N3O5/c1-3-31-30(36)28-27(22-10-6-20(7-11-22)18-33-12-14-37-15-13-33)29(38-32-28)24-16-23(25(34)17-26(24)35)21-8-4-19(2)5-9-21/h4-11,16-17,34-35H,3,12-15,18H2,1-2H3,(H,31,36). The van der Waals surface area contributed by atoms with Gasteiger partial charge in [-0.05, 0) is 36.6 Å². The molecule has 3 N–H and O–H groups in total. The third kappa shape index (κ3) is 5.27. The first-order chi connectivity index (χ1) is 18.4. The molecule has 0 saturated carbocycles. The number of morpholine rings is 1. The predicted octanol–water partition coefficient (Wildman–Crippen LogP) is 4.98. The molecule has 196 valence electrons. The minimum absolute atomic E-state index is 0.0624. The summed E-state index contributed by atoms with van der Waals surface area (Å²) < 4.78 is 11.2. The molecule has 8 nitrogen and oxygen atoms in total. The zero-order valence-electron chi connectivity index (χ0n) is 21.5. The summed E-state index contributed by atoms with van der Waals surface area (Å²) >= 11 is 0. The summed E-state index contributed by atoms with van der Waals surface area (Å²) in [4.78, 5) is 15.3. The van der Waals surface area contributed by atoms with E-state index in [2.05, 4.69) is 15.4 Å². The Morgan fingerprint density at radius 2 is 1.61 bits per heavy atom. The van der Waals surface area contributed by atoms with Crippen LogP contribution in [0.5, 0.6) is 11.5 Å². The molecule has 3 aromatic carbocycles. The van der Waals surface area contributed by atoms with Crippen LogP contribution in [0.3, 0.4) is 0 Å². The number of carbonyl (C=O) groups is 1. The quantitative estimate of drug-likeness (QED) is 0.320. The zero-order valence-corrected chi connectivity index (χ0v) is 21.5. The Balaban J connectivity index is 1.57. The average molecular weight is 514 g/mol. The number of amides is 1. The van der Waals surface area contributed by atoms with E-state index in [9.17, 15) is 15.0 Å².